The third-order valence-corrected chi connectivity index (χ3v) is 3.89. The van der Waals surface area contributed by atoms with Crippen LogP contribution in [0.3, 0.4) is 0 Å². The highest BCUT2D eigenvalue weighted by Gasteiger charge is 2.25. The molecule has 8 nitrogen and oxygen atoms in total. The number of nitro groups is 1. The van der Waals surface area contributed by atoms with E-state index in [0.29, 0.717) is 6.61 Å². The van der Waals surface area contributed by atoms with Crippen LogP contribution in [0.4, 0.5) is 5.69 Å². The number of nitrogens with zero attached hydrogens (tertiary/aromatic N) is 1. The fraction of sp³-hybridized carbons (Fsp3) is 0.611. The first-order chi connectivity index (χ1) is 12.4. The highest BCUT2D eigenvalue weighted by atomic mass is 16.6. The Morgan fingerprint density at radius 1 is 1.23 bits per heavy atom. The van der Waals surface area contributed by atoms with Gasteiger partial charge in [-0.2, -0.15) is 0 Å². The molecule has 0 aliphatic carbocycles. The number of benzene rings is 1. The quantitative estimate of drug-likeness (QED) is 0.345. The number of nitro benzene ring substituents is 1. The Balaban J connectivity index is 3.01. The first-order valence-electron chi connectivity index (χ1n) is 8.73. The molecule has 0 saturated carbocycles. The summed E-state index contributed by atoms with van der Waals surface area (Å²) in [6.07, 6.45) is 3.99. The molecule has 0 aromatic heterocycles. The Hall–Kier alpha value is -2.35. The summed E-state index contributed by atoms with van der Waals surface area (Å²) in [6.45, 7) is 4.53. The second-order valence-electron chi connectivity index (χ2n) is 5.99. The van der Waals surface area contributed by atoms with Crippen molar-refractivity contribution >= 4 is 11.6 Å². The van der Waals surface area contributed by atoms with E-state index in [2.05, 4.69) is 12.2 Å². The molecule has 146 valence electrons. The minimum Gasteiger partial charge on any atom is -0.493 e. The smallest absolute Gasteiger partial charge is 0.286 e. The molecule has 26 heavy (non-hydrogen) atoms. The molecule has 1 atom stereocenters. The number of carbonyl (C=O) groups excluding carboxylic acids is 1. The summed E-state index contributed by atoms with van der Waals surface area (Å²) in [5, 5.41) is 14.2. The summed E-state index contributed by atoms with van der Waals surface area (Å²) in [7, 11) is 2.94. The Morgan fingerprint density at radius 2 is 1.96 bits per heavy atom. The summed E-state index contributed by atoms with van der Waals surface area (Å²) in [5.74, 6) is -0.0401. The molecule has 0 spiro atoms. The van der Waals surface area contributed by atoms with Crippen LogP contribution in [-0.2, 0) is 4.74 Å². The molecular formula is C18H28N2O6. The Morgan fingerprint density at radius 3 is 2.54 bits per heavy atom. The van der Waals surface area contributed by atoms with E-state index < -0.39 is 10.8 Å². The SMILES string of the molecule is CCCCCC(C)NC(=O)c1cc(OC)c(OCCOC)cc1[N+](=O)[O-]. The summed E-state index contributed by atoms with van der Waals surface area (Å²) in [6, 6.07) is 2.48. The van der Waals surface area contributed by atoms with E-state index in [-0.39, 0.29) is 35.4 Å². The van der Waals surface area contributed by atoms with Gasteiger partial charge in [0.2, 0.25) is 0 Å². The van der Waals surface area contributed by atoms with Gasteiger partial charge in [0.15, 0.2) is 11.5 Å². The monoisotopic (exact) mass is 368 g/mol. The maximum atomic E-state index is 12.5. The van der Waals surface area contributed by atoms with Crippen LogP contribution in [0.15, 0.2) is 12.1 Å². The van der Waals surface area contributed by atoms with Gasteiger partial charge in [-0.3, -0.25) is 14.9 Å². The molecule has 0 bridgehead atoms. The molecule has 0 radical (unpaired) electrons. The Labute approximate surface area is 154 Å². The van der Waals surface area contributed by atoms with Crippen molar-refractivity contribution in [3.8, 4) is 11.5 Å². The van der Waals surface area contributed by atoms with Gasteiger partial charge in [0.05, 0.1) is 24.7 Å². The topological polar surface area (TPSA) is 99.9 Å². The van der Waals surface area contributed by atoms with Crippen LogP contribution in [-0.4, -0.2) is 44.3 Å². The summed E-state index contributed by atoms with van der Waals surface area (Å²) < 4.78 is 15.6. The zero-order chi connectivity index (χ0) is 19.5. The van der Waals surface area contributed by atoms with Gasteiger partial charge in [-0.15, -0.1) is 0 Å². The number of hydrogen-bond acceptors (Lipinski definition) is 6. The van der Waals surface area contributed by atoms with Crippen molar-refractivity contribution in [3.05, 3.63) is 27.8 Å². The first kappa shape index (κ1) is 21.7. The van der Waals surface area contributed by atoms with Gasteiger partial charge in [-0.25, -0.2) is 0 Å². The van der Waals surface area contributed by atoms with Crippen molar-refractivity contribution < 1.29 is 23.9 Å². The van der Waals surface area contributed by atoms with Gasteiger partial charge >= 0.3 is 0 Å². The van der Waals surface area contributed by atoms with Gasteiger partial charge in [0, 0.05) is 19.2 Å². The van der Waals surface area contributed by atoms with Crippen molar-refractivity contribution in [1.29, 1.82) is 0 Å². The fourth-order valence-electron chi connectivity index (χ4n) is 2.46. The molecule has 0 aliphatic rings. The molecular weight excluding hydrogens is 340 g/mol. The summed E-state index contributed by atoms with van der Waals surface area (Å²) in [5.41, 5.74) is -0.371. The van der Waals surface area contributed by atoms with E-state index in [1.165, 1.54) is 26.4 Å². The predicted molar refractivity (Wildman–Crippen MR) is 98.1 cm³/mol. The first-order valence-corrected chi connectivity index (χ1v) is 8.73. The third kappa shape index (κ3) is 6.51. The van der Waals surface area contributed by atoms with E-state index in [1.54, 1.807) is 0 Å². The zero-order valence-corrected chi connectivity index (χ0v) is 15.9. The van der Waals surface area contributed by atoms with E-state index in [1.807, 2.05) is 6.92 Å². The molecule has 1 amide bonds. The number of carbonyl (C=O) groups is 1. The molecule has 1 N–H and O–H groups in total. The molecule has 0 heterocycles. The third-order valence-electron chi connectivity index (χ3n) is 3.89. The zero-order valence-electron chi connectivity index (χ0n) is 15.9. The average molecular weight is 368 g/mol. The van der Waals surface area contributed by atoms with E-state index >= 15 is 0 Å². The number of nitrogens with one attached hydrogen (secondary N) is 1. The molecule has 1 rings (SSSR count). The molecule has 1 aromatic carbocycles. The highest BCUT2D eigenvalue weighted by molar-refractivity contribution is 5.99. The van der Waals surface area contributed by atoms with Crippen LogP contribution in [0.25, 0.3) is 0 Å². The molecule has 0 saturated heterocycles. The summed E-state index contributed by atoms with van der Waals surface area (Å²) >= 11 is 0. The summed E-state index contributed by atoms with van der Waals surface area (Å²) in [4.78, 5) is 23.3. The maximum Gasteiger partial charge on any atom is 0.286 e. The molecule has 8 heteroatoms. The molecule has 0 aliphatic heterocycles. The maximum absolute atomic E-state index is 12.5. The van der Waals surface area contributed by atoms with Crippen molar-refractivity contribution in [3.63, 3.8) is 0 Å². The van der Waals surface area contributed by atoms with Gasteiger partial charge in [-0.1, -0.05) is 26.2 Å². The van der Waals surface area contributed by atoms with Crippen LogP contribution in [0.1, 0.15) is 49.9 Å². The Kier molecular flexibility index (Phi) is 9.43. The average Bonchev–Trinajstić information content (AvgIpc) is 2.61. The second-order valence-corrected chi connectivity index (χ2v) is 5.99. The molecule has 1 aromatic rings. The predicted octanol–water partition coefficient (Wildman–Crippen LogP) is 3.33. The van der Waals surface area contributed by atoms with E-state index in [0.717, 1.165) is 25.7 Å². The highest BCUT2D eigenvalue weighted by Crippen LogP contribution is 2.34. The van der Waals surface area contributed by atoms with Crippen LogP contribution < -0.4 is 14.8 Å². The van der Waals surface area contributed by atoms with Crippen molar-refractivity contribution in [2.24, 2.45) is 0 Å². The lowest BCUT2D eigenvalue weighted by Gasteiger charge is -2.15. The van der Waals surface area contributed by atoms with Gasteiger partial charge in [-0.05, 0) is 13.3 Å². The number of ether oxygens (including phenoxy) is 3. The van der Waals surface area contributed by atoms with Crippen LogP contribution in [0, 0.1) is 10.1 Å². The molecule has 0 fully saturated rings. The number of hydrogen-bond donors (Lipinski definition) is 1. The van der Waals surface area contributed by atoms with Gasteiger partial charge < -0.3 is 19.5 Å². The lowest BCUT2D eigenvalue weighted by molar-refractivity contribution is -0.385. The Bertz CT molecular complexity index is 606. The lowest BCUT2D eigenvalue weighted by atomic mass is 10.1. The van der Waals surface area contributed by atoms with Gasteiger partial charge in [0.1, 0.15) is 12.2 Å². The van der Waals surface area contributed by atoms with Crippen molar-refractivity contribution in [1.82, 2.24) is 5.32 Å². The normalized spacial score (nSPS) is 11.7. The van der Waals surface area contributed by atoms with E-state index in [4.69, 9.17) is 14.2 Å². The number of rotatable bonds is 12. The van der Waals surface area contributed by atoms with Crippen LogP contribution in [0.5, 0.6) is 11.5 Å². The van der Waals surface area contributed by atoms with Gasteiger partial charge in [0.25, 0.3) is 11.6 Å². The minimum atomic E-state index is -0.598. The lowest BCUT2D eigenvalue weighted by Crippen LogP contribution is -2.33. The van der Waals surface area contributed by atoms with E-state index in [9.17, 15) is 14.9 Å². The number of methoxy groups -OCH3 is 2. The van der Waals surface area contributed by atoms with Crippen molar-refractivity contribution in [2.45, 2.75) is 45.6 Å². The standard InChI is InChI=1S/C18H28N2O6/c1-5-6-7-8-13(2)19-18(21)14-11-16(25-4)17(26-10-9-24-3)12-15(14)20(22)23/h11-13H,5-10H2,1-4H3,(H,19,21). The van der Waals surface area contributed by atoms with Crippen LogP contribution >= 0.6 is 0 Å². The fourth-order valence-corrected chi connectivity index (χ4v) is 2.46. The number of unbranched alkanes of at least 4 members (excludes halogenated alkanes) is 2. The van der Waals surface area contributed by atoms with Crippen molar-refractivity contribution in [2.75, 3.05) is 27.4 Å². The largest absolute Gasteiger partial charge is 0.493 e. The van der Waals surface area contributed by atoms with Crippen LogP contribution in [0.2, 0.25) is 0 Å². The molecule has 1 unspecified atom stereocenters. The second kappa shape index (κ2) is 11.3. The minimum absolute atomic E-state index is 0.0479. The number of amides is 1.